The molecule has 0 N–H and O–H groups in total. The molecule has 0 aliphatic carbocycles. The minimum Gasteiger partial charge on any atom is -0.224 e. The molecule has 4 heteroatoms. The van der Waals surface area contributed by atoms with Gasteiger partial charge in [0.25, 0.3) is 0 Å². The molecule has 0 aromatic heterocycles. The summed E-state index contributed by atoms with van der Waals surface area (Å²) in [6, 6.07) is 15.5. The van der Waals surface area contributed by atoms with Gasteiger partial charge < -0.3 is 0 Å². The van der Waals surface area contributed by atoms with Crippen LogP contribution >= 0.6 is 11.6 Å². The summed E-state index contributed by atoms with van der Waals surface area (Å²) in [6.07, 6.45) is 0. The molecule has 0 saturated carbocycles. The Hall–Kier alpha value is -1.32. The number of aryl methyl sites for hydroxylation is 1. The van der Waals surface area contributed by atoms with Crippen LogP contribution in [0.1, 0.15) is 28.5 Å². The number of rotatable bonds is 3. The van der Waals surface area contributed by atoms with E-state index in [0.717, 1.165) is 16.7 Å². The van der Waals surface area contributed by atoms with E-state index in [9.17, 15) is 8.42 Å². The second-order valence-corrected chi connectivity index (χ2v) is 7.91. The predicted octanol–water partition coefficient (Wildman–Crippen LogP) is 3.89. The van der Waals surface area contributed by atoms with Crippen molar-refractivity contribution in [3.8, 4) is 0 Å². The monoisotopic (exact) mass is 320 g/mol. The Morgan fingerprint density at radius 2 is 1.95 bits per heavy atom. The van der Waals surface area contributed by atoms with Crippen molar-refractivity contribution in [1.29, 1.82) is 0 Å². The van der Waals surface area contributed by atoms with Crippen LogP contribution in [0, 0.1) is 6.92 Å². The minimum absolute atomic E-state index is 0.0185. The second kappa shape index (κ2) is 5.47. The summed E-state index contributed by atoms with van der Waals surface area (Å²) in [5.41, 5.74) is 3.18. The summed E-state index contributed by atoms with van der Waals surface area (Å²) in [7, 11) is -3.19. The molecule has 0 amide bonds. The van der Waals surface area contributed by atoms with Gasteiger partial charge in [-0.05, 0) is 24.1 Å². The first kappa shape index (κ1) is 14.6. The van der Waals surface area contributed by atoms with Crippen LogP contribution in [0.5, 0.6) is 0 Å². The first-order valence-corrected chi connectivity index (χ1v) is 9.16. The minimum atomic E-state index is -3.19. The number of benzene rings is 2. The van der Waals surface area contributed by atoms with Crippen molar-refractivity contribution in [2.45, 2.75) is 23.7 Å². The largest absolute Gasteiger partial charge is 0.224 e. The zero-order valence-electron chi connectivity index (χ0n) is 11.8. The fourth-order valence-corrected chi connectivity index (χ4v) is 5.47. The van der Waals surface area contributed by atoms with Crippen LogP contribution in [0.4, 0.5) is 0 Å². The van der Waals surface area contributed by atoms with Crippen molar-refractivity contribution in [2.75, 3.05) is 11.6 Å². The van der Waals surface area contributed by atoms with Crippen molar-refractivity contribution in [1.82, 2.24) is 0 Å². The van der Waals surface area contributed by atoms with Gasteiger partial charge in [-0.3, -0.25) is 0 Å². The molecule has 0 bridgehead atoms. The van der Waals surface area contributed by atoms with E-state index in [1.807, 2.05) is 37.3 Å². The lowest BCUT2D eigenvalue weighted by Crippen LogP contribution is -2.15. The van der Waals surface area contributed by atoms with Crippen LogP contribution in [-0.2, 0) is 9.84 Å². The smallest absolute Gasteiger partial charge is 0.179 e. The van der Waals surface area contributed by atoms with Crippen molar-refractivity contribution in [2.24, 2.45) is 0 Å². The Balaban J connectivity index is 2.08. The average Bonchev–Trinajstić information content (AvgIpc) is 2.73. The van der Waals surface area contributed by atoms with E-state index in [1.165, 1.54) is 0 Å². The lowest BCUT2D eigenvalue weighted by Gasteiger charge is -2.22. The van der Waals surface area contributed by atoms with Crippen LogP contribution in [0.3, 0.4) is 0 Å². The van der Waals surface area contributed by atoms with Crippen molar-refractivity contribution in [3.63, 3.8) is 0 Å². The maximum absolute atomic E-state index is 12.3. The average molecular weight is 321 g/mol. The van der Waals surface area contributed by atoms with Gasteiger partial charge in [-0.1, -0.05) is 48.0 Å². The third kappa shape index (κ3) is 2.60. The van der Waals surface area contributed by atoms with Crippen molar-refractivity contribution < 1.29 is 8.42 Å². The molecule has 0 saturated heterocycles. The fraction of sp³-hybridized carbons (Fsp3) is 0.294. The normalized spacial score (nSPS) is 21.0. The van der Waals surface area contributed by atoms with E-state index in [1.54, 1.807) is 12.1 Å². The van der Waals surface area contributed by atoms with E-state index in [-0.39, 0.29) is 17.6 Å². The molecule has 1 heterocycles. The van der Waals surface area contributed by atoms with Gasteiger partial charge in [-0.2, -0.15) is 0 Å². The van der Waals surface area contributed by atoms with Crippen LogP contribution in [-0.4, -0.2) is 20.1 Å². The molecule has 0 fully saturated rings. The van der Waals surface area contributed by atoms with Crippen LogP contribution in [0.2, 0.25) is 0 Å². The molecule has 1 aliphatic rings. The molecular formula is C17H17ClO2S. The van der Waals surface area contributed by atoms with Crippen molar-refractivity contribution in [3.05, 3.63) is 65.2 Å². The lowest BCUT2D eigenvalue weighted by molar-refractivity contribution is 0.588. The van der Waals surface area contributed by atoms with Gasteiger partial charge in [0, 0.05) is 17.7 Å². The van der Waals surface area contributed by atoms with Gasteiger partial charge in [-0.25, -0.2) is 8.42 Å². The molecule has 110 valence electrons. The molecule has 3 rings (SSSR count). The van der Waals surface area contributed by atoms with Crippen LogP contribution in [0.25, 0.3) is 0 Å². The molecular weight excluding hydrogens is 304 g/mol. The third-order valence-electron chi connectivity index (χ3n) is 4.17. The van der Waals surface area contributed by atoms with Gasteiger partial charge >= 0.3 is 0 Å². The number of hydrogen-bond acceptors (Lipinski definition) is 2. The SMILES string of the molecule is Cc1cccc(C(CCl)C2CS(=O)(=O)c3ccccc32)c1. The summed E-state index contributed by atoms with van der Waals surface area (Å²) in [5.74, 6) is 0.519. The number of halogens is 1. The Bertz CT molecular complexity index is 768. The maximum atomic E-state index is 12.3. The molecule has 0 spiro atoms. The second-order valence-electron chi connectivity index (χ2n) is 5.60. The Kier molecular flexibility index (Phi) is 3.80. The summed E-state index contributed by atoms with van der Waals surface area (Å²) >= 11 is 6.20. The molecule has 2 nitrogen and oxygen atoms in total. The van der Waals surface area contributed by atoms with Crippen molar-refractivity contribution >= 4 is 21.4 Å². The van der Waals surface area contributed by atoms with Crippen LogP contribution < -0.4 is 0 Å². The topological polar surface area (TPSA) is 34.1 Å². The number of sulfone groups is 1. The van der Waals surface area contributed by atoms with Gasteiger partial charge in [0.05, 0.1) is 10.6 Å². The van der Waals surface area contributed by atoms with E-state index in [4.69, 9.17) is 11.6 Å². The van der Waals surface area contributed by atoms with Crippen LogP contribution in [0.15, 0.2) is 53.4 Å². The molecule has 0 radical (unpaired) electrons. The highest BCUT2D eigenvalue weighted by atomic mass is 35.5. The summed E-state index contributed by atoms with van der Waals surface area (Å²) in [5, 5.41) is 0. The standard InChI is InChI=1S/C17H17ClO2S/c1-12-5-4-6-13(9-12)15(10-18)16-11-21(19,20)17-8-3-2-7-14(16)17/h2-9,15-16H,10-11H2,1H3. The predicted molar refractivity (Wildman–Crippen MR) is 85.9 cm³/mol. The van der Waals surface area contributed by atoms with E-state index < -0.39 is 9.84 Å². The van der Waals surface area contributed by atoms with Gasteiger partial charge in [0.2, 0.25) is 0 Å². The molecule has 1 aliphatic heterocycles. The first-order chi connectivity index (χ1) is 10.0. The molecule has 2 unspecified atom stereocenters. The molecule has 2 atom stereocenters. The molecule has 2 aromatic rings. The Morgan fingerprint density at radius 1 is 1.19 bits per heavy atom. The summed E-state index contributed by atoms with van der Waals surface area (Å²) in [6.45, 7) is 2.04. The zero-order chi connectivity index (χ0) is 15.0. The van der Waals surface area contributed by atoms with E-state index in [0.29, 0.717) is 10.8 Å². The van der Waals surface area contributed by atoms with E-state index in [2.05, 4.69) is 6.07 Å². The van der Waals surface area contributed by atoms with Gasteiger partial charge in [0.15, 0.2) is 9.84 Å². The highest BCUT2D eigenvalue weighted by Crippen LogP contribution is 2.43. The molecule has 2 aromatic carbocycles. The molecule has 21 heavy (non-hydrogen) atoms. The fourth-order valence-electron chi connectivity index (χ4n) is 3.15. The summed E-state index contributed by atoms with van der Waals surface area (Å²) < 4.78 is 24.7. The number of alkyl halides is 1. The highest BCUT2D eigenvalue weighted by molar-refractivity contribution is 7.91. The van der Waals surface area contributed by atoms with Gasteiger partial charge in [-0.15, -0.1) is 11.6 Å². The third-order valence-corrected chi connectivity index (χ3v) is 6.35. The van der Waals surface area contributed by atoms with E-state index >= 15 is 0 Å². The zero-order valence-corrected chi connectivity index (χ0v) is 13.4. The summed E-state index contributed by atoms with van der Waals surface area (Å²) in [4.78, 5) is 0.470. The number of hydrogen-bond donors (Lipinski definition) is 0. The quantitative estimate of drug-likeness (QED) is 0.804. The highest BCUT2D eigenvalue weighted by Gasteiger charge is 2.38. The Labute approximate surface area is 130 Å². The van der Waals surface area contributed by atoms with Gasteiger partial charge in [0.1, 0.15) is 0 Å². The first-order valence-electron chi connectivity index (χ1n) is 6.97. The lowest BCUT2D eigenvalue weighted by atomic mass is 9.83. The Morgan fingerprint density at radius 3 is 2.67 bits per heavy atom. The maximum Gasteiger partial charge on any atom is 0.179 e. The number of fused-ring (bicyclic) bond motifs is 1.